The number of fused-ring (bicyclic) bond motifs is 1. The van der Waals surface area contributed by atoms with Crippen LogP contribution in [0, 0.1) is 0 Å². The van der Waals surface area contributed by atoms with Gasteiger partial charge in [0.2, 0.25) is 11.5 Å². The van der Waals surface area contributed by atoms with Crippen molar-refractivity contribution in [2.45, 2.75) is 33.1 Å². The fraction of sp³-hybridized carbons (Fsp3) is 0.296. The molecule has 176 valence electrons. The minimum Gasteiger partial charge on any atom is -0.507 e. The van der Waals surface area contributed by atoms with Gasteiger partial charge in [0.1, 0.15) is 18.6 Å². The average Bonchev–Trinajstić information content (AvgIpc) is 2.99. The van der Waals surface area contributed by atoms with E-state index in [1.165, 1.54) is 0 Å². The highest BCUT2D eigenvalue weighted by atomic mass is 16.4. The van der Waals surface area contributed by atoms with Gasteiger partial charge in [-0.1, -0.05) is 0 Å². The molecule has 2 aromatic rings. The SMILES string of the molecule is CCN(CC)c1ccc(C2=C(O)C(=CC3=[N+](C)c4ccc(C(=O)O)cc4C3(C)C)C2=O)c(O)c1. The molecule has 0 saturated heterocycles. The highest BCUT2D eigenvalue weighted by Gasteiger charge is 2.46. The third-order valence-electron chi connectivity index (χ3n) is 6.90. The van der Waals surface area contributed by atoms with Crippen LogP contribution in [0.2, 0.25) is 0 Å². The number of allylic oxidation sites excluding steroid dienone is 3. The van der Waals surface area contributed by atoms with Crippen LogP contribution in [-0.2, 0) is 10.2 Å². The topological polar surface area (TPSA) is 101 Å². The fourth-order valence-corrected chi connectivity index (χ4v) is 4.89. The molecule has 0 amide bonds. The van der Waals surface area contributed by atoms with Gasteiger partial charge < -0.3 is 20.2 Å². The molecule has 0 fully saturated rings. The lowest BCUT2D eigenvalue weighted by atomic mass is 9.77. The molecule has 7 nitrogen and oxygen atoms in total. The van der Waals surface area contributed by atoms with Crippen LogP contribution in [0.1, 0.15) is 49.2 Å². The van der Waals surface area contributed by atoms with Crippen molar-refractivity contribution in [3.05, 3.63) is 70.5 Å². The van der Waals surface area contributed by atoms with E-state index in [0.29, 0.717) is 5.56 Å². The number of phenols is 1. The van der Waals surface area contributed by atoms with Crippen LogP contribution >= 0.6 is 0 Å². The molecule has 2 aliphatic rings. The van der Waals surface area contributed by atoms with Crippen molar-refractivity contribution >= 4 is 34.4 Å². The van der Waals surface area contributed by atoms with Gasteiger partial charge in [-0.25, -0.2) is 4.79 Å². The maximum absolute atomic E-state index is 13.1. The normalized spacial score (nSPS) is 17.8. The fourth-order valence-electron chi connectivity index (χ4n) is 4.89. The molecule has 0 saturated carbocycles. The molecule has 2 aromatic carbocycles. The van der Waals surface area contributed by atoms with Gasteiger partial charge in [-0.15, -0.1) is 0 Å². The Hall–Kier alpha value is -3.87. The van der Waals surface area contributed by atoms with Crippen LogP contribution in [0.5, 0.6) is 5.75 Å². The number of Topliss-reactive ketones (excluding diaryl/α,β-unsaturated/α-hetero) is 1. The van der Waals surface area contributed by atoms with Crippen molar-refractivity contribution in [1.82, 2.24) is 0 Å². The van der Waals surface area contributed by atoms with E-state index in [2.05, 4.69) is 4.90 Å². The molecule has 1 heterocycles. The summed E-state index contributed by atoms with van der Waals surface area (Å²) in [4.78, 5) is 26.6. The number of aromatic hydroxyl groups is 1. The van der Waals surface area contributed by atoms with Gasteiger partial charge in [0.25, 0.3) is 0 Å². The second-order valence-electron chi connectivity index (χ2n) is 9.09. The van der Waals surface area contributed by atoms with E-state index in [4.69, 9.17) is 0 Å². The number of carbonyl (C=O) groups excluding carboxylic acids is 1. The summed E-state index contributed by atoms with van der Waals surface area (Å²) >= 11 is 0. The Bertz CT molecular complexity index is 1330. The summed E-state index contributed by atoms with van der Waals surface area (Å²) in [6.45, 7) is 9.52. The van der Waals surface area contributed by atoms with Gasteiger partial charge in [0.05, 0.1) is 22.1 Å². The summed E-state index contributed by atoms with van der Waals surface area (Å²) < 4.78 is 1.91. The van der Waals surface area contributed by atoms with E-state index in [-0.39, 0.29) is 34.0 Å². The molecule has 1 aliphatic heterocycles. The second kappa shape index (κ2) is 8.17. The molecule has 0 spiro atoms. The third kappa shape index (κ3) is 3.39. The predicted molar refractivity (Wildman–Crippen MR) is 132 cm³/mol. The zero-order chi connectivity index (χ0) is 24.9. The molecule has 0 bridgehead atoms. The van der Waals surface area contributed by atoms with E-state index in [1.807, 2.05) is 45.4 Å². The molecular formula is C27H29N2O5+. The number of carboxylic acid groups (broad SMARTS) is 1. The molecule has 3 N–H and O–H groups in total. The number of phenolic OH excluding ortho intramolecular Hbond substituents is 1. The minimum absolute atomic E-state index is 0.0575. The van der Waals surface area contributed by atoms with Crippen molar-refractivity contribution < 1.29 is 29.5 Å². The molecule has 0 unspecified atom stereocenters. The summed E-state index contributed by atoms with van der Waals surface area (Å²) in [5.74, 6) is -1.56. The number of nitrogens with zero attached hydrogens (tertiary/aromatic N) is 2. The van der Waals surface area contributed by atoms with Gasteiger partial charge >= 0.3 is 5.97 Å². The lowest BCUT2D eigenvalue weighted by Gasteiger charge is -2.25. The third-order valence-corrected chi connectivity index (χ3v) is 6.90. The van der Waals surface area contributed by atoms with Crippen LogP contribution in [0.25, 0.3) is 5.57 Å². The number of aliphatic hydroxyl groups is 1. The van der Waals surface area contributed by atoms with E-state index >= 15 is 0 Å². The Morgan fingerprint density at radius 1 is 1.09 bits per heavy atom. The molecule has 4 rings (SSSR count). The van der Waals surface area contributed by atoms with Crippen LogP contribution < -0.4 is 4.90 Å². The summed E-state index contributed by atoms with van der Waals surface area (Å²) in [5.41, 5.74) is 3.48. The number of aliphatic hydroxyl groups excluding tert-OH is 1. The Labute approximate surface area is 198 Å². The van der Waals surface area contributed by atoms with Gasteiger partial charge in [-0.05, 0) is 52.0 Å². The van der Waals surface area contributed by atoms with Crippen LogP contribution in [0.15, 0.2) is 53.8 Å². The minimum atomic E-state index is -1.00. The van der Waals surface area contributed by atoms with Crippen molar-refractivity contribution in [2.24, 2.45) is 0 Å². The van der Waals surface area contributed by atoms with E-state index in [0.717, 1.165) is 35.7 Å². The Kier molecular flexibility index (Phi) is 5.59. The van der Waals surface area contributed by atoms with Crippen LogP contribution in [0.4, 0.5) is 11.4 Å². The first-order valence-electron chi connectivity index (χ1n) is 11.3. The maximum atomic E-state index is 13.1. The lowest BCUT2D eigenvalue weighted by molar-refractivity contribution is -0.401. The highest BCUT2D eigenvalue weighted by molar-refractivity contribution is 6.40. The Morgan fingerprint density at radius 3 is 2.32 bits per heavy atom. The standard InChI is InChI=1S/C27H28N2O5/c1-6-29(7-2)16-9-10-17(21(30)13-16)23-24(31)18(25(23)32)14-22-27(3,4)19-12-15(26(33)34)8-11-20(19)28(22)5/h8-14H,6-7H2,1-5H3,(H2,31,32,33,34)/p+1. The average molecular weight is 462 g/mol. The maximum Gasteiger partial charge on any atom is 0.335 e. The van der Waals surface area contributed by atoms with Crippen molar-refractivity contribution in [3.63, 3.8) is 0 Å². The van der Waals surface area contributed by atoms with Gasteiger partial charge in [0.15, 0.2) is 5.71 Å². The number of rotatable bonds is 6. The number of carboxylic acids is 1. The van der Waals surface area contributed by atoms with Gasteiger partial charge in [-0.3, -0.25) is 4.79 Å². The molecule has 7 heteroatoms. The second-order valence-corrected chi connectivity index (χ2v) is 9.09. The first kappa shape index (κ1) is 23.3. The molecule has 0 aromatic heterocycles. The zero-order valence-electron chi connectivity index (χ0n) is 20.0. The summed E-state index contributed by atoms with van der Waals surface area (Å²) in [5, 5.41) is 30.8. The van der Waals surface area contributed by atoms with Gasteiger partial charge in [0, 0.05) is 48.1 Å². The van der Waals surface area contributed by atoms with Crippen molar-refractivity contribution in [1.29, 1.82) is 0 Å². The number of benzene rings is 2. The van der Waals surface area contributed by atoms with Crippen molar-refractivity contribution in [3.8, 4) is 5.75 Å². The smallest absolute Gasteiger partial charge is 0.335 e. The molecule has 0 radical (unpaired) electrons. The number of ketones is 1. The van der Waals surface area contributed by atoms with Crippen LogP contribution in [0.3, 0.4) is 0 Å². The van der Waals surface area contributed by atoms with E-state index in [1.54, 1.807) is 36.4 Å². The number of hydrogen-bond acceptors (Lipinski definition) is 5. The number of carbonyl (C=O) groups is 2. The summed E-state index contributed by atoms with van der Waals surface area (Å²) in [6.07, 6.45) is 1.66. The van der Waals surface area contributed by atoms with Gasteiger partial charge in [-0.2, -0.15) is 4.58 Å². The first-order valence-corrected chi connectivity index (χ1v) is 11.3. The lowest BCUT2D eigenvalue weighted by Crippen LogP contribution is -2.30. The van der Waals surface area contributed by atoms with Crippen molar-refractivity contribution in [2.75, 3.05) is 25.0 Å². The van der Waals surface area contributed by atoms with Crippen LogP contribution in [-0.4, -0.2) is 57.5 Å². The summed E-state index contributed by atoms with van der Waals surface area (Å²) in [7, 11) is 1.85. The monoisotopic (exact) mass is 461 g/mol. The molecule has 0 atom stereocenters. The Morgan fingerprint density at radius 2 is 1.76 bits per heavy atom. The summed E-state index contributed by atoms with van der Waals surface area (Å²) in [6, 6.07) is 10.1. The quantitative estimate of drug-likeness (QED) is 0.435. The highest BCUT2D eigenvalue weighted by Crippen LogP contribution is 2.44. The van der Waals surface area contributed by atoms with E-state index in [9.17, 15) is 24.9 Å². The van der Waals surface area contributed by atoms with E-state index < -0.39 is 11.4 Å². The molecular weight excluding hydrogens is 432 g/mol. The first-order chi connectivity index (χ1) is 16.0. The molecule has 1 aliphatic carbocycles. The Balaban J connectivity index is 1.72. The largest absolute Gasteiger partial charge is 0.507 e. The number of hydrogen-bond donors (Lipinski definition) is 3. The number of aromatic carboxylic acids is 1. The molecule has 34 heavy (non-hydrogen) atoms. The number of anilines is 1. The zero-order valence-corrected chi connectivity index (χ0v) is 20.0. The predicted octanol–water partition coefficient (Wildman–Crippen LogP) is 4.42.